The molecule has 0 atom stereocenters. The van der Waals surface area contributed by atoms with E-state index >= 15 is 0 Å². The average Bonchev–Trinajstić information content (AvgIpc) is 2.41. The zero-order chi connectivity index (χ0) is 25.9. The zero-order valence-electron chi connectivity index (χ0n) is 12.8. The van der Waals surface area contributed by atoms with Crippen molar-refractivity contribution >= 4 is 10.4 Å². The van der Waals surface area contributed by atoms with Gasteiger partial charge in [-0.05, 0) is 0 Å². The predicted octanol–water partition coefficient (Wildman–Crippen LogP) is 5.12. The summed E-state index contributed by atoms with van der Waals surface area (Å²) in [6.45, 7) is 0. The van der Waals surface area contributed by atoms with Crippen LogP contribution in [0.3, 0.4) is 0 Å². The molecule has 188 valence electrons. The summed E-state index contributed by atoms with van der Waals surface area (Å²) in [6.07, 6.45) is -30.8. The van der Waals surface area contributed by atoms with Gasteiger partial charge in [0.05, 0.1) is 0 Å². The van der Waals surface area contributed by atoms with Crippen molar-refractivity contribution in [3.8, 4) is 0 Å². The second kappa shape index (κ2) is 7.31. The molecular weight excluding hydrogens is 534 g/mol. The lowest BCUT2D eigenvalue weighted by Gasteiger charge is -2.34. The fourth-order valence-electron chi connectivity index (χ4n) is 1.10. The summed E-state index contributed by atoms with van der Waals surface area (Å²) in [6, 6.07) is 0. The minimum Gasteiger partial charge on any atom is -0.189 e. The molecule has 0 aromatic heterocycles. The Hall–Kier alpha value is -1.39. The minimum absolute atomic E-state index is 1.45. The van der Waals surface area contributed by atoms with Crippen LogP contribution in [0.25, 0.3) is 0 Å². The predicted molar refractivity (Wildman–Crippen MR) is 52.9 cm³/mol. The smallest absolute Gasteiger partial charge is 0.189 e. The van der Waals surface area contributed by atoms with Gasteiger partial charge in [-0.3, -0.25) is 0 Å². The molecule has 0 radical (unpaired) electrons. The Morgan fingerprint density at radius 3 is 0.742 bits per heavy atom. The summed E-state index contributed by atoms with van der Waals surface area (Å²) in [7, 11) is -8.14. The lowest BCUT2D eigenvalue weighted by atomic mass is 10.1. The van der Waals surface area contributed by atoms with E-state index in [0.717, 1.165) is 0 Å². The van der Waals surface area contributed by atoms with Crippen LogP contribution in [0.15, 0.2) is 0 Å². The number of halogens is 18. The molecule has 23 heteroatoms. The highest BCUT2D eigenvalue weighted by molar-refractivity contribution is 7.81. The Bertz CT molecular complexity index is 702. The first-order valence-electron chi connectivity index (χ1n) is 5.98. The number of rotatable bonds is 8. The van der Waals surface area contributed by atoms with Gasteiger partial charge in [-0.25, -0.2) is 0 Å². The van der Waals surface area contributed by atoms with Crippen LogP contribution in [-0.2, 0) is 18.8 Å². The molecule has 0 fully saturated rings. The lowest BCUT2D eigenvalue weighted by molar-refractivity contribution is -0.437. The van der Waals surface area contributed by atoms with Crippen LogP contribution in [0.5, 0.6) is 0 Å². The summed E-state index contributed by atoms with van der Waals surface area (Å²) in [4.78, 5) is 0. The fourth-order valence-corrected chi connectivity index (χ4v) is 1.86. The molecule has 0 bridgehead atoms. The highest BCUT2D eigenvalue weighted by atomic mass is 32.3. The molecule has 0 aliphatic rings. The van der Waals surface area contributed by atoms with Crippen LogP contribution in [-0.4, -0.2) is 56.7 Å². The van der Waals surface area contributed by atoms with Gasteiger partial charge in [0, 0.05) is 0 Å². The van der Waals surface area contributed by atoms with E-state index in [0.29, 0.717) is 0 Å². The summed E-state index contributed by atoms with van der Waals surface area (Å²) in [5, 5.41) is 0. The Kier molecular flexibility index (Phi) is 6.99. The van der Waals surface area contributed by atoms with Crippen LogP contribution in [0.1, 0.15) is 0 Å². The van der Waals surface area contributed by atoms with Crippen molar-refractivity contribution in [3.63, 3.8) is 0 Å². The van der Waals surface area contributed by atoms with Crippen LogP contribution < -0.4 is 0 Å². The normalized spacial score (nSPS) is 16.6. The van der Waals surface area contributed by atoms with Crippen molar-refractivity contribution in [2.75, 3.05) is 0 Å². The van der Waals surface area contributed by atoms with Crippen LogP contribution in [0, 0.1) is 0 Å². The largest absolute Gasteiger partial charge is 0.460 e. The van der Waals surface area contributed by atoms with Crippen molar-refractivity contribution in [2.45, 2.75) is 48.3 Å². The highest BCUT2D eigenvalue weighted by Crippen LogP contribution is 2.56. The molecule has 0 rings (SSSR count). The Morgan fingerprint density at radius 2 is 0.581 bits per heavy atom. The molecule has 4 nitrogen and oxygen atoms in total. The van der Waals surface area contributed by atoms with Gasteiger partial charge in [0.15, 0.2) is 0 Å². The van der Waals surface area contributed by atoms with Gasteiger partial charge in [-0.15, -0.1) is 0 Å². The van der Waals surface area contributed by atoms with E-state index in [-0.39, 0.29) is 0 Å². The maximum atomic E-state index is 12.8. The quantitative estimate of drug-likeness (QED) is 0.407. The van der Waals surface area contributed by atoms with Crippen LogP contribution >= 0.6 is 0 Å². The number of hydrogen-bond acceptors (Lipinski definition) is 4. The minimum atomic E-state index is -8.14. The molecule has 0 aliphatic carbocycles. The number of alkyl halides is 18. The van der Waals surface area contributed by atoms with Gasteiger partial charge in [-0.2, -0.15) is 95.8 Å². The van der Waals surface area contributed by atoms with E-state index in [1.165, 1.54) is 8.37 Å². The first-order valence-corrected chi connectivity index (χ1v) is 7.31. The molecule has 0 aromatic rings. The van der Waals surface area contributed by atoms with E-state index in [4.69, 9.17) is 0 Å². The summed E-state index contributed by atoms with van der Waals surface area (Å²) >= 11 is 0. The molecule has 0 aliphatic heterocycles. The van der Waals surface area contributed by atoms with Crippen molar-refractivity contribution in [3.05, 3.63) is 0 Å². The maximum Gasteiger partial charge on any atom is 0.460 e. The highest BCUT2D eigenvalue weighted by Gasteiger charge is 2.86. The first kappa shape index (κ1) is 29.6. The van der Waals surface area contributed by atoms with Gasteiger partial charge < -0.3 is 0 Å². The van der Waals surface area contributed by atoms with E-state index in [1.807, 2.05) is 0 Å². The summed E-state index contributed by atoms with van der Waals surface area (Å²) in [5.41, 5.74) is 0. The van der Waals surface area contributed by atoms with Crippen molar-refractivity contribution in [1.82, 2.24) is 0 Å². The SMILES string of the molecule is O=S(=O)(OC(F)(F)C(F)(F)C(F)(F)C(F)(F)F)OC(F)(F)C(F)(F)C(F)(F)C(F)(F)F. The Labute approximate surface area is 156 Å². The van der Waals surface area contributed by atoms with Gasteiger partial charge in [-0.1, -0.05) is 0 Å². The van der Waals surface area contributed by atoms with Crippen molar-refractivity contribution in [2.24, 2.45) is 0 Å². The maximum absolute atomic E-state index is 12.8. The third kappa shape index (κ3) is 4.85. The van der Waals surface area contributed by atoms with Gasteiger partial charge in [0.2, 0.25) is 0 Å². The molecular formula is C8F18O4S. The lowest BCUT2D eigenvalue weighted by Crippen LogP contribution is -2.63. The molecule has 0 saturated heterocycles. The van der Waals surface area contributed by atoms with Crippen LogP contribution in [0.4, 0.5) is 79.0 Å². The van der Waals surface area contributed by atoms with Crippen molar-refractivity contribution < 1.29 is 95.8 Å². The van der Waals surface area contributed by atoms with Crippen LogP contribution in [0.2, 0.25) is 0 Å². The van der Waals surface area contributed by atoms with E-state index in [9.17, 15) is 87.4 Å². The van der Waals surface area contributed by atoms with Gasteiger partial charge >= 0.3 is 58.7 Å². The average molecular weight is 534 g/mol. The molecule has 0 amide bonds. The topological polar surface area (TPSA) is 52.6 Å². The van der Waals surface area contributed by atoms with Crippen molar-refractivity contribution in [1.29, 1.82) is 0 Å². The standard InChI is InChI=1S/C8F18O4S/c9-1(10,5(17,18)19)3(13,14)7(23,24)29-31(27,28)30-8(25,26)4(15,16)2(11,12)6(20,21)22. The first-order chi connectivity index (χ1) is 12.9. The Balaban J connectivity index is 6.14. The molecule has 0 spiro atoms. The Morgan fingerprint density at radius 1 is 0.387 bits per heavy atom. The summed E-state index contributed by atoms with van der Waals surface area (Å²) < 4.78 is 247. The third-order valence-corrected chi connectivity index (χ3v) is 3.47. The third-order valence-electron chi connectivity index (χ3n) is 2.65. The molecule has 0 saturated carbocycles. The van der Waals surface area contributed by atoms with Gasteiger partial charge in [0.25, 0.3) is 0 Å². The second-order valence-electron chi connectivity index (χ2n) is 4.90. The molecule has 0 N–H and O–H groups in total. The zero-order valence-corrected chi connectivity index (χ0v) is 13.7. The molecule has 0 heterocycles. The van der Waals surface area contributed by atoms with E-state index in [2.05, 4.69) is 0 Å². The molecule has 0 unspecified atom stereocenters. The monoisotopic (exact) mass is 534 g/mol. The number of hydrogen-bond donors (Lipinski definition) is 0. The second-order valence-corrected chi connectivity index (χ2v) is 6.05. The van der Waals surface area contributed by atoms with E-state index in [1.54, 1.807) is 0 Å². The summed E-state index contributed by atoms with van der Waals surface area (Å²) in [5.74, 6) is -31.9. The molecule has 31 heavy (non-hydrogen) atoms. The van der Waals surface area contributed by atoms with Gasteiger partial charge in [0.1, 0.15) is 0 Å². The molecule has 0 aromatic carbocycles. The fraction of sp³-hybridized carbons (Fsp3) is 1.00. The van der Waals surface area contributed by atoms with E-state index < -0.39 is 58.7 Å².